The monoisotopic (exact) mass is 686 g/mol. The molecule has 2 amide bonds. The van der Waals surface area contributed by atoms with Gasteiger partial charge in [-0.25, -0.2) is 8.42 Å². The van der Waals surface area contributed by atoms with Gasteiger partial charge in [0.15, 0.2) is 0 Å². The molecule has 0 aliphatic heterocycles. The van der Waals surface area contributed by atoms with Gasteiger partial charge in [-0.3, -0.25) is 24.0 Å². The molecule has 0 aliphatic rings. The molecule has 49 heavy (non-hydrogen) atoms. The lowest BCUT2D eigenvalue weighted by Crippen LogP contribution is -2.53. The van der Waals surface area contributed by atoms with E-state index in [0.29, 0.717) is 17.9 Å². The van der Waals surface area contributed by atoms with E-state index in [1.165, 1.54) is 43.2 Å². The van der Waals surface area contributed by atoms with Crippen LogP contribution in [0.1, 0.15) is 42.0 Å². The average Bonchev–Trinajstić information content (AvgIpc) is 3.09. The second-order valence-electron chi connectivity index (χ2n) is 11.7. The highest BCUT2D eigenvalue weighted by Crippen LogP contribution is 2.30. The first-order valence-electron chi connectivity index (χ1n) is 16.0. The van der Waals surface area contributed by atoms with E-state index in [1.54, 1.807) is 12.1 Å². The predicted molar refractivity (Wildman–Crippen MR) is 189 cm³/mol. The molecule has 0 saturated heterocycles. The molecule has 4 rings (SSSR count). The summed E-state index contributed by atoms with van der Waals surface area (Å²) in [6.07, 6.45) is 1.80. The Kier molecular flexibility index (Phi) is 12.5. The van der Waals surface area contributed by atoms with Crippen molar-refractivity contribution in [3.05, 3.63) is 129 Å². The van der Waals surface area contributed by atoms with Crippen LogP contribution in [-0.2, 0) is 32.6 Å². The minimum atomic E-state index is -4.54. The van der Waals surface area contributed by atoms with Crippen molar-refractivity contribution in [2.75, 3.05) is 24.5 Å². The Morgan fingerprint density at radius 1 is 0.918 bits per heavy atom. The van der Waals surface area contributed by atoms with Crippen LogP contribution in [-0.4, -0.2) is 56.3 Å². The summed E-state index contributed by atoms with van der Waals surface area (Å²) in [6.45, 7) is 5.21. The predicted octanol–water partition coefficient (Wildman–Crippen LogP) is 5.97. The van der Waals surface area contributed by atoms with Gasteiger partial charge in [-0.2, -0.15) is 0 Å². The average molecular weight is 687 g/mol. The van der Waals surface area contributed by atoms with Gasteiger partial charge in [0.25, 0.3) is 15.7 Å². The number of rotatable bonds is 16. The van der Waals surface area contributed by atoms with E-state index in [2.05, 4.69) is 5.32 Å². The standard InChI is InChI=1S/C37H42N4O7S/c1-5-6-22-38-37(43)35(23-29-13-8-7-9-14-29)39(25-30-15-11-10-12-27(30)2)36(42)26-40(31-17-19-32(48-4)20-18-31)49(46,47)33-21-16-28(3)34(24-33)41(44)45/h7-21,24,35H,5-6,22-23,25-26H2,1-4H3,(H,38,43)/t35-/m0/s1. The molecule has 12 heteroatoms. The van der Waals surface area contributed by atoms with E-state index in [4.69, 9.17) is 4.74 Å². The lowest BCUT2D eigenvalue weighted by atomic mass is 10.0. The van der Waals surface area contributed by atoms with Gasteiger partial charge in [0, 0.05) is 31.1 Å². The van der Waals surface area contributed by atoms with Gasteiger partial charge in [-0.1, -0.05) is 74.0 Å². The maximum Gasteiger partial charge on any atom is 0.273 e. The zero-order valence-corrected chi connectivity index (χ0v) is 29.0. The molecule has 0 radical (unpaired) electrons. The largest absolute Gasteiger partial charge is 0.497 e. The second-order valence-corrected chi connectivity index (χ2v) is 13.6. The summed E-state index contributed by atoms with van der Waals surface area (Å²) in [6, 6.07) is 25.6. The lowest BCUT2D eigenvalue weighted by molar-refractivity contribution is -0.385. The minimum absolute atomic E-state index is 0.0384. The molecule has 0 bridgehead atoms. The highest BCUT2D eigenvalue weighted by Gasteiger charge is 2.35. The molecule has 0 aromatic heterocycles. The fourth-order valence-electron chi connectivity index (χ4n) is 5.38. The van der Waals surface area contributed by atoms with Crippen LogP contribution >= 0.6 is 0 Å². The second kappa shape index (κ2) is 16.7. The van der Waals surface area contributed by atoms with Crippen LogP contribution in [0.2, 0.25) is 0 Å². The Morgan fingerprint density at radius 2 is 1.59 bits per heavy atom. The number of aryl methyl sites for hydroxylation is 2. The first-order chi connectivity index (χ1) is 23.5. The number of nitro groups is 1. The van der Waals surface area contributed by atoms with Crippen molar-refractivity contribution in [3.63, 3.8) is 0 Å². The summed E-state index contributed by atoms with van der Waals surface area (Å²) in [4.78, 5) is 40.7. The fraction of sp³-hybridized carbons (Fsp3) is 0.297. The molecule has 0 heterocycles. The summed E-state index contributed by atoms with van der Waals surface area (Å²) < 4.78 is 34.9. The van der Waals surface area contributed by atoms with E-state index in [0.717, 1.165) is 39.9 Å². The smallest absolute Gasteiger partial charge is 0.273 e. The topological polar surface area (TPSA) is 139 Å². The van der Waals surface area contributed by atoms with Crippen LogP contribution in [0.3, 0.4) is 0 Å². The molecule has 0 aliphatic carbocycles. The number of benzene rings is 4. The van der Waals surface area contributed by atoms with E-state index in [-0.39, 0.29) is 35.1 Å². The molecule has 0 spiro atoms. The SMILES string of the molecule is CCCCNC(=O)[C@H](Cc1ccccc1)N(Cc1ccccc1C)C(=O)CN(c1ccc(OC)cc1)S(=O)(=O)c1ccc(C)c([N+](=O)[O-])c1. The molecular weight excluding hydrogens is 644 g/mol. The number of anilines is 1. The quantitative estimate of drug-likeness (QED) is 0.0870. The van der Waals surface area contributed by atoms with Gasteiger partial charge in [0.2, 0.25) is 11.8 Å². The molecule has 0 saturated carbocycles. The fourth-order valence-corrected chi connectivity index (χ4v) is 6.82. The molecular formula is C37H42N4O7S. The number of methoxy groups -OCH3 is 1. The molecule has 1 atom stereocenters. The summed E-state index contributed by atoms with van der Waals surface area (Å²) in [5.74, 6) is -0.519. The van der Waals surface area contributed by atoms with Gasteiger partial charge >= 0.3 is 0 Å². The highest BCUT2D eigenvalue weighted by molar-refractivity contribution is 7.92. The maximum absolute atomic E-state index is 14.6. The minimum Gasteiger partial charge on any atom is -0.497 e. The number of carbonyl (C=O) groups excluding carboxylic acids is 2. The molecule has 11 nitrogen and oxygen atoms in total. The maximum atomic E-state index is 14.6. The summed E-state index contributed by atoms with van der Waals surface area (Å²) in [5, 5.41) is 14.7. The number of carbonyl (C=O) groups is 2. The Morgan fingerprint density at radius 3 is 2.22 bits per heavy atom. The number of sulfonamides is 1. The normalized spacial score (nSPS) is 11.8. The Labute approximate surface area is 287 Å². The van der Waals surface area contributed by atoms with Crippen molar-refractivity contribution in [1.82, 2.24) is 10.2 Å². The molecule has 1 N–H and O–H groups in total. The third-order valence-corrected chi connectivity index (χ3v) is 10.1. The van der Waals surface area contributed by atoms with E-state index in [9.17, 15) is 28.1 Å². The van der Waals surface area contributed by atoms with Gasteiger partial charge < -0.3 is 15.0 Å². The van der Waals surface area contributed by atoms with Gasteiger partial charge in [-0.15, -0.1) is 0 Å². The zero-order chi connectivity index (χ0) is 35.6. The molecule has 0 fully saturated rings. The number of hydrogen-bond donors (Lipinski definition) is 1. The summed E-state index contributed by atoms with van der Waals surface area (Å²) in [5.41, 5.74) is 2.58. The molecule has 4 aromatic carbocycles. The number of hydrogen-bond acceptors (Lipinski definition) is 7. The van der Waals surface area contributed by atoms with Crippen molar-refractivity contribution < 1.29 is 27.7 Å². The molecule has 0 unspecified atom stereocenters. The lowest BCUT2D eigenvalue weighted by Gasteiger charge is -2.34. The van der Waals surface area contributed by atoms with Crippen LogP contribution in [0.5, 0.6) is 5.75 Å². The number of amides is 2. The Bertz CT molecular complexity index is 1870. The number of nitrogens with zero attached hydrogens (tertiary/aromatic N) is 3. The number of nitro benzene ring substituents is 1. The van der Waals surface area contributed by atoms with Crippen molar-refractivity contribution in [2.24, 2.45) is 0 Å². The first kappa shape index (κ1) is 36.6. The summed E-state index contributed by atoms with van der Waals surface area (Å²) >= 11 is 0. The van der Waals surface area contributed by atoms with Crippen molar-refractivity contribution in [3.8, 4) is 5.75 Å². The van der Waals surface area contributed by atoms with Crippen LogP contribution < -0.4 is 14.4 Å². The van der Waals surface area contributed by atoms with Crippen LogP contribution in [0.15, 0.2) is 102 Å². The Balaban J connectivity index is 1.84. The van der Waals surface area contributed by atoms with E-state index in [1.807, 2.05) is 68.4 Å². The van der Waals surface area contributed by atoms with Crippen molar-refractivity contribution >= 4 is 33.2 Å². The van der Waals surface area contributed by atoms with Crippen molar-refractivity contribution in [2.45, 2.75) is 57.5 Å². The first-order valence-corrected chi connectivity index (χ1v) is 17.5. The summed E-state index contributed by atoms with van der Waals surface area (Å²) in [7, 11) is -3.07. The number of ether oxygens (including phenoxy) is 1. The zero-order valence-electron chi connectivity index (χ0n) is 28.2. The van der Waals surface area contributed by atoms with Gasteiger partial charge in [0.1, 0.15) is 18.3 Å². The highest BCUT2D eigenvalue weighted by atomic mass is 32.2. The number of unbranched alkanes of at least 4 members (excludes halogenated alkanes) is 1. The third kappa shape index (κ3) is 9.23. The molecule has 4 aromatic rings. The Hall–Kier alpha value is -5.23. The van der Waals surface area contributed by atoms with Gasteiger partial charge in [0.05, 0.1) is 22.6 Å². The van der Waals surface area contributed by atoms with E-state index < -0.39 is 33.4 Å². The van der Waals surface area contributed by atoms with Crippen LogP contribution in [0, 0.1) is 24.0 Å². The third-order valence-electron chi connectivity index (χ3n) is 8.31. The van der Waals surface area contributed by atoms with Crippen molar-refractivity contribution in [1.29, 1.82) is 0 Å². The van der Waals surface area contributed by atoms with E-state index >= 15 is 0 Å². The number of nitrogens with one attached hydrogen (secondary N) is 1. The van der Waals surface area contributed by atoms with Crippen LogP contribution in [0.25, 0.3) is 0 Å². The van der Waals surface area contributed by atoms with Gasteiger partial charge in [-0.05, 0) is 67.3 Å². The molecule has 258 valence electrons. The van der Waals surface area contributed by atoms with Crippen LogP contribution in [0.4, 0.5) is 11.4 Å².